The molecule has 0 radical (unpaired) electrons. The molecule has 1 amide bonds. The molecule has 0 N–H and O–H groups in total. The SMILES string of the molecule is Cc1ccccc1C(=O)N1CCC[C@H](c2nc3ccc(-c4ccncc4)cn3n2)C1. The molecule has 1 saturated heterocycles. The fraction of sp³-hybridized carbons (Fsp3) is 0.250. The molecule has 1 fully saturated rings. The molecule has 1 aliphatic rings. The normalized spacial score (nSPS) is 16.7. The minimum Gasteiger partial charge on any atom is -0.338 e. The van der Waals surface area contributed by atoms with Crippen molar-refractivity contribution in [3.05, 3.63) is 84.1 Å². The number of fused-ring (bicyclic) bond motifs is 1. The third-order valence-electron chi connectivity index (χ3n) is 5.81. The molecule has 4 heterocycles. The van der Waals surface area contributed by atoms with Crippen LogP contribution >= 0.6 is 0 Å². The average Bonchev–Trinajstić information content (AvgIpc) is 3.23. The van der Waals surface area contributed by atoms with Crippen LogP contribution in [0.3, 0.4) is 0 Å². The van der Waals surface area contributed by atoms with Gasteiger partial charge in [-0.25, -0.2) is 9.50 Å². The van der Waals surface area contributed by atoms with Gasteiger partial charge in [0.15, 0.2) is 11.5 Å². The van der Waals surface area contributed by atoms with Crippen molar-refractivity contribution in [3.63, 3.8) is 0 Å². The highest BCUT2D eigenvalue weighted by atomic mass is 16.2. The highest BCUT2D eigenvalue weighted by Gasteiger charge is 2.28. The van der Waals surface area contributed by atoms with E-state index in [-0.39, 0.29) is 11.8 Å². The molecule has 1 atom stereocenters. The van der Waals surface area contributed by atoms with Gasteiger partial charge in [-0.15, -0.1) is 0 Å². The summed E-state index contributed by atoms with van der Waals surface area (Å²) in [5, 5.41) is 4.76. The van der Waals surface area contributed by atoms with Crippen molar-refractivity contribution in [3.8, 4) is 11.1 Å². The fourth-order valence-electron chi connectivity index (χ4n) is 4.14. The van der Waals surface area contributed by atoms with Crippen molar-refractivity contribution in [2.75, 3.05) is 13.1 Å². The predicted molar refractivity (Wildman–Crippen MR) is 115 cm³/mol. The van der Waals surface area contributed by atoms with Crippen LogP contribution in [0.1, 0.15) is 40.5 Å². The van der Waals surface area contributed by atoms with Crippen LogP contribution in [-0.4, -0.2) is 43.5 Å². The molecule has 6 nitrogen and oxygen atoms in total. The van der Waals surface area contributed by atoms with Gasteiger partial charge in [-0.3, -0.25) is 9.78 Å². The number of hydrogen-bond donors (Lipinski definition) is 0. The van der Waals surface area contributed by atoms with Crippen molar-refractivity contribution < 1.29 is 4.79 Å². The molecule has 0 unspecified atom stereocenters. The quantitative estimate of drug-likeness (QED) is 0.522. The summed E-state index contributed by atoms with van der Waals surface area (Å²) in [5.74, 6) is 1.06. The lowest BCUT2D eigenvalue weighted by Gasteiger charge is -2.31. The second-order valence-electron chi connectivity index (χ2n) is 7.83. The Morgan fingerprint density at radius 1 is 1.03 bits per heavy atom. The van der Waals surface area contributed by atoms with Crippen LogP contribution in [0, 0.1) is 6.92 Å². The van der Waals surface area contributed by atoms with Crippen molar-refractivity contribution in [2.45, 2.75) is 25.7 Å². The van der Waals surface area contributed by atoms with E-state index in [0.717, 1.165) is 53.1 Å². The lowest BCUT2D eigenvalue weighted by atomic mass is 9.96. The van der Waals surface area contributed by atoms with Crippen LogP contribution in [-0.2, 0) is 0 Å². The van der Waals surface area contributed by atoms with Crippen molar-refractivity contribution in [2.24, 2.45) is 0 Å². The number of amides is 1. The van der Waals surface area contributed by atoms with E-state index in [4.69, 9.17) is 10.1 Å². The Kier molecular flexibility index (Phi) is 4.75. The van der Waals surface area contributed by atoms with Crippen LogP contribution in [0.2, 0.25) is 0 Å². The summed E-state index contributed by atoms with van der Waals surface area (Å²) in [6, 6.07) is 15.8. The molecule has 0 aliphatic carbocycles. The van der Waals surface area contributed by atoms with E-state index in [9.17, 15) is 4.79 Å². The molecule has 1 aromatic carbocycles. The molecular formula is C24H23N5O. The highest BCUT2D eigenvalue weighted by molar-refractivity contribution is 5.95. The number of benzene rings is 1. The van der Waals surface area contributed by atoms with Crippen molar-refractivity contribution in [1.29, 1.82) is 0 Å². The lowest BCUT2D eigenvalue weighted by Crippen LogP contribution is -2.39. The minimum absolute atomic E-state index is 0.0986. The zero-order chi connectivity index (χ0) is 20.5. The second-order valence-corrected chi connectivity index (χ2v) is 7.83. The van der Waals surface area contributed by atoms with Crippen LogP contribution in [0.25, 0.3) is 16.8 Å². The van der Waals surface area contributed by atoms with Crippen LogP contribution in [0.5, 0.6) is 0 Å². The molecule has 5 rings (SSSR count). The first-order valence-electron chi connectivity index (χ1n) is 10.3. The fourth-order valence-corrected chi connectivity index (χ4v) is 4.14. The van der Waals surface area contributed by atoms with Gasteiger partial charge >= 0.3 is 0 Å². The maximum absolute atomic E-state index is 13.0. The molecule has 6 heteroatoms. The van der Waals surface area contributed by atoms with Gasteiger partial charge in [-0.2, -0.15) is 5.10 Å². The number of aromatic nitrogens is 4. The second kappa shape index (κ2) is 7.71. The largest absolute Gasteiger partial charge is 0.338 e. The number of nitrogens with zero attached hydrogens (tertiary/aromatic N) is 5. The maximum Gasteiger partial charge on any atom is 0.254 e. The Hall–Kier alpha value is -3.54. The predicted octanol–water partition coefficient (Wildman–Crippen LogP) is 4.12. The van der Waals surface area contributed by atoms with E-state index in [1.165, 1.54) is 0 Å². The van der Waals surface area contributed by atoms with Gasteiger partial charge in [0.05, 0.1) is 0 Å². The number of pyridine rings is 2. The zero-order valence-corrected chi connectivity index (χ0v) is 16.9. The van der Waals surface area contributed by atoms with Gasteiger partial charge in [0.25, 0.3) is 5.91 Å². The van der Waals surface area contributed by atoms with E-state index < -0.39 is 0 Å². The number of likely N-dealkylation sites (tertiary alicyclic amines) is 1. The van der Waals surface area contributed by atoms with Crippen LogP contribution in [0.4, 0.5) is 0 Å². The lowest BCUT2D eigenvalue weighted by molar-refractivity contribution is 0.0704. The molecular weight excluding hydrogens is 374 g/mol. The topological polar surface area (TPSA) is 63.4 Å². The Balaban J connectivity index is 1.40. The number of hydrogen-bond acceptors (Lipinski definition) is 4. The Morgan fingerprint density at radius 2 is 1.87 bits per heavy atom. The summed E-state index contributed by atoms with van der Waals surface area (Å²) < 4.78 is 1.84. The summed E-state index contributed by atoms with van der Waals surface area (Å²) in [6.07, 6.45) is 7.52. The van der Waals surface area contributed by atoms with Gasteiger partial charge in [0, 0.05) is 48.7 Å². The number of piperidine rings is 1. The van der Waals surface area contributed by atoms with E-state index in [1.807, 2.05) is 65.0 Å². The smallest absolute Gasteiger partial charge is 0.254 e. The third-order valence-corrected chi connectivity index (χ3v) is 5.81. The van der Waals surface area contributed by atoms with Gasteiger partial charge in [0.2, 0.25) is 0 Å². The summed E-state index contributed by atoms with van der Waals surface area (Å²) >= 11 is 0. The molecule has 30 heavy (non-hydrogen) atoms. The summed E-state index contributed by atoms with van der Waals surface area (Å²) in [4.78, 5) is 23.8. The van der Waals surface area contributed by atoms with E-state index in [0.29, 0.717) is 6.54 Å². The first-order chi connectivity index (χ1) is 14.7. The molecule has 0 spiro atoms. The first kappa shape index (κ1) is 18.5. The minimum atomic E-state index is 0.0986. The summed E-state index contributed by atoms with van der Waals surface area (Å²) in [5.41, 5.74) is 4.78. The van der Waals surface area contributed by atoms with Crippen molar-refractivity contribution in [1.82, 2.24) is 24.5 Å². The zero-order valence-electron chi connectivity index (χ0n) is 16.9. The monoisotopic (exact) mass is 397 g/mol. The number of aryl methyl sites for hydroxylation is 1. The number of carbonyl (C=O) groups is 1. The van der Waals surface area contributed by atoms with Crippen LogP contribution in [0.15, 0.2) is 67.1 Å². The highest BCUT2D eigenvalue weighted by Crippen LogP contribution is 2.27. The first-order valence-corrected chi connectivity index (χ1v) is 10.3. The summed E-state index contributed by atoms with van der Waals surface area (Å²) in [7, 11) is 0. The molecule has 3 aromatic heterocycles. The van der Waals surface area contributed by atoms with Crippen LogP contribution < -0.4 is 0 Å². The number of rotatable bonds is 3. The molecule has 150 valence electrons. The number of carbonyl (C=O) groups excluding carboxylic acids is 1. The molecule has 0 bridgehead atoms. The van der Waals surface area contributed by atoms with Gasteiger partial charge in [-0.1, -0.05) is 18.2 Å². The Labute approximate surface area is 175 Å². The summed E-state index contributed by atoms with van der Waals surface area (Å²) in [6.45, 7) is 3.42. The van der Waals surface area contributed by atoms with E-state index >= 15 is 0 Å². The molecule has 0 saturated carbocycles. The van der Waals surface area contributed by atoms with Crippen molar-refractivity contribution >= 4 is 11.6 Å². The third kappa shape index (κ3) is 3.45. The average molecular weight is 397 g/mol. The van der Waals surface area contributed by atoms with Gasteiger partial charge < -0.3 is 4.90 Å². The van der Waals surface area contributed by atoms with Gasteiger partial charge in [0.1, 0.15) is 0 Å². The standard InChI is InChI=1S/C24H23N5O/c1-17-5-2-3-7-21(17)24(30)28-14-4-6-20(15-28)23-26-22-9-8-19(16-29(22)27-23)18-10-12-25-13-11-18/h2-3,5,7-13,16,20H,4,6,14-15H2,1H3/t20-/m0/s1. The maximum atomic E-state index is 13.0. The molecule has 4 aromatic rings. The van der Waals surface area contributed by atoms with E-state index in [2.05, 4.69) is 11.1 Å². The molecule has 1 aliphatic heterocycles. The van der Waals surface area contributed by atoms with E-state index in [1.54, 1.807) is 12.4 Å². The Morgan fingerprint density at radius 3 is 2.70 bits per heavy atom. The Bertz CT molecular complexity index is 1200. The van der Waals surface area contributed by atoms with Gasteiger partial charge in [-0.05, 0) is 61.2 Å².